The Bertz CT molecular complexity index is 989. The zero-order chi connectivity index (χ0) is 20.1. The minimum absolute atomic E-state index is 0.149. The van der Waals surface area contributed by atoms with E-state index < -0.39 is 0 Å². The van der Waals surface area contributed by atoms with Crippen molar-refractivity contribution >= 4 is 29.3 Å². The number of hydrogen-bond acceptors (Lipinski definition) is 2. The second-order valence-corrected chi connectivity index (χ2v) is 7.74. The Kier molecular flexibility index (Phi) is 6.09. The average Bonchev–Trinajstić information content (AvgIpc) is 3.57. The lowest BCUT2D eigenvalue weighted by Gasteiger charge is -2.06. The van der Waals surface area contributed by atoms with Crippen LogP contribution in [0.1, 0.15) is 24.0 Å². The van der Waals surface area contributed by atoms with Gasteiger partial charge in [-0.25, -0.2) is 0 Å². The molecule has 1 aliphatic rings. The maximum Gasteiger partial charge on any atom is 0.248 e. The van der Waals surface area contributed by atoms with Crippen molar-refractivity contribution in [2.24, 2.45) is 0 Å². The molecular formula is C25H23ClN2O. The van der Waals surface area contributed by atoms with Crippen molar-refractivity contribution in [2.75, 3.05) is 5.32 Å². The van der Waals surface area contributed by atoms with Gasteiger partial charge in [0.25, 0.3) is 0 Å². The number of nitrogens with one attached hydrogen (secondary N) is 2. The highest BCUT2D eigenvalue weighted by atomic mass is 35.5. The van der Waals surface area contributed by atoms with Crippen LogP contribution in [0, 0.1) is 0 Å². The first-order chi connectivity index (χ1) is 14.2. The SMILES string of the molecule is O=C(/C=C/c1ccc(CNC2CC2)cc1)Nc1ccc(-c2ccc(Cl)cc2)cc1. The molecule has 0 spiro atoms. The fraction of sp³-hybridized carbons (Fsp3) is 0.160. The Labute approximate surface area is 176 Å². The van der Waals surface area contributed by atoms with Crippen molar-refractivity contribution in [1.29, 1.82) is 0 Å². The van der Waals surface area contributed by atoms with E-state index in [4.69, 9.17) is 11.6 Å². The van der Waals surface area contributed by atoms with Gasteiger partial charge in [-0.2, -0.15) is 0 Å². The molecule has 4 rings (SSSR count). The fourth-order valence-corrected chi connectivity index (χ4v) is 3.17. The quantitative estimate of drug-likeness (QED) is 0.482. The Morgan fingerprint density at radius 3 is 2.14 bits per heavy atom. The zero-order valence-electron chi connectivity index (χ0n) is 16.1. The van der Waals surface area contributed by atoms with Gasteiger partial charge in [0, 0.05) is 29.4 Å². The number of rotatable bonds is 7. The van der Waals surface area contributed by atoms with Crippen molar-refractivity contribution in [1.82, 2.24) is 5.32 Å². The van der Waals surface area contributed by atoms with Crippen LogP contribution < -0.4 is 10.6 Å². The second kappa shape index (κ2) is 9.08. The standard InChI is InChI=1S/C25H23ClN2O/c26-22-10-6-20(7-11-22)21-8-12-24(13-9-21)28-25(29)16-5-18-1-3-19(4-2-18)17-27-23-14-15-23/h1-13,16,23,27H,14-15,17H2,(H,28,29)/b16-5+. The molecule has 4 heteroatoms. The van der Waals surface area contributed by atoms with Crippen LogP contribution >= 0.6 is 11.6 Å². The Balaban J connectivity index is 1.31. The van der Waals surface area contributed by atoms with Gasteiger partial charge in [0.15, 0.2) is 0 Å². The van der Waals surface area contributed by atoms with E-state index in [-0.39, 0.29) is 5.91 Å². The summed E-state index contributed by atoms with van der Waals surface area (Å²) in [7, 11) is 0. The molecular weight excluding hydrogens is 380 g/mol. The summed E-state index contributed by atoms with van der Waals surface area (Å²) in [5.41, 5.74) is 5.20. The van der Waals surface area contributed by atoms with Crippen LogP contribution in [0.3, 0.4) is 0 Å². The molecule has 0 saturated heterocycles. The lowest BCUT2D eigenvalue weighted by molar-refractivity contribution is -0.111. The number of amides is 1. The van der Waals surface area contributed by atoms with Gasteiger partial charge in [-0.3, -0.25) is 4.79 Å². The lowest BCUT2D eigenvalue weighted by Crippen LogP contribution is -2.15. The van der Waals surface area contributed by atoms with E-state index in [9.17, 15) is 4.79 Å². The molecule has 0 aliphatic heterocycles. The number of anilines is 1. The molecule has 1 aliphatic carbocycles. The number of benzene rings is 3. The highest BCUT2D eigenvalue weighted by Gasteiger charge is 2.19. The predicted molar refractivity (Wildman–Crippen MR) is 121 cm³/mol. The highest BCUT2D eigenvalue weighted by molar-refractivity contribution is 6.30. The molecule has 3 nitrogen and oxygen atoms in total. The summed E-state index contributed by atoms with van der Waals surface area (Å²) in [4.78, 5) is 12.2. The second-order valence-electron chi connectivity index (χ2n) is 7.30. The van der Waals surface area contributed by atoms with Gasteiger partial charge in [0.1, 0.15) is 0 Å². The Hall–Kier alpha value is -2.88. The van der Waals surface area contributed by atoms with Gasteiger partial charge < -0.3 is 10.6 Å². The molecule has 0 heterocycles. The van der Waals surface area contributed by atoms with Crippen molar-refractivity contribution in [3.05, 3.63) is 95.0 Å². The summed E-state index contributed by atoms with van der Waals surface area (Å²) >= 11 is 5.93. The molecule has 2 N–H and O–H groups in total. The van der Waals surface area contributed by atoms with E-state index in [1.165, 1.54) is 18.4 Å². The van der Waals surface area contributed by atoms with Gasteiger partial charge in [0.2, 0.25) is 5.91 Å². The molecule has 0 bridgehead atoms. The van der Waals surface area contributed by atoms with Crippen LogP contribution in [-0.4, -0.2) is 11.9 Å². The minimum Gasteiger partial charge on any atom is -0.323 e. The summed E-state index contributed by atoms with van der Waals surface area (Å²) in [5, 5.41) is 7.11. The third-order valence-corrected chi connectivity index (χ3v) is 5.16. The lowest BCUT2D eigenvalue weighted by atomic mass is 10.1. The summed E-state index contributed by atoms with van der Waals surface area (Å²) in [6.45, 7) is 0.904. The van der Waals surface area contributed by atoms with Crippen LogP contribution in [-0.2, 0) is 11.3 Å². The van der Waals surface area contributed by atoms with Gasteiger partial charge in [-0.05, 0) is 65.4 Å². The van der Waals surface area contributed by atoms with Crippen LogP contribution in [0.15, 0.2) is 78.9 Å². The first kappa shape index (κ1) is 19.4. The van der Waals surface area contributed by atoms with E-state index in [1.54, 1.807) is 6.08 Å². The molecule has 0 atom stereocenters. The van der Waals surface area contributed by atoms with Crippen molar-refractivity contribution < 1.29 is 4.79 Å². The van der Waals surface area contributed by atoms with Gasteiger partial charge in [-0.1, -0.05) is 60.1 Å². The molecule has 1 saturated carbocycles. The Morgan fingerprint density at radius 2 is 1.52 bits per heavy atom. The smallest absolute Gasteiger partial charge is 0.248 e. The Morgan fingerprint density at radius 1 is 0.897 bits per heavy atom. The minimum atomic E-state index is -0.149. The molecule has 146 valence electrons. The highest BCUT2D eigenvalue weighted by Crippen LogP contribution is 2.23. The number of hydrogen-bond donors (Lipinski definition) is 2. The predicted octanol–water partition coefficient (Wildman–Crippen LogP) is 5.91. The molecule has 0 unspecified atom stereocenters. The summed E-state index contributed by atoms with van der Waals surface area (Å²) in [6.07, 6.45) is 5.97. The third-order valence-electron chi connectivity index (χ3n) is 4.91. The van der Waals surface area contributed by atoms with E-state index >= 15 is 0 Å². The number of halogens is 1. The number of carbonyl (C=O) groups is 1. The maximum atomic E-state index is 12.2. The van der Waals surface area contributed by atoms with Crippen LogP contribution in [0.25, 0.3) is 17.2 Å². The van der Waals surface area contributed by atoms with Gasteiger partial charge in [-0.15, -0.1) is 0 Å². The summed E-state index contributed by atoms with van der Waals surface area (Å²) < 4.78 is 0. The molecule has 3 aromatic rings. The van der Waals surface area contributed by atoms with Crippen LogP contribution in [0.2, 0.25) is 5.02 Å². The molecule has 0 aromatic heterocycles. The summed E-state index contributed by atoms with van der Waals surface area (Å²) in [5.74, 6) is -0.149. The van der Waals surface area contributed by atoms with E-state index in [2.05, 4.69) is 22.8 Å². The van der Waals surface area contributed by atoms with Crippen molar-refractivity contribution in [2.45, 2.75) is 25.4 Å². The van der Waals surface area contributed by atoms with Crippen LogP contribution in [0.5, 0.6) is 0 Å². The largest absolute Gasteiger partial charge is 0.323 e. The number of carbonyl (C=O) groups excluding carboxylic acids is 1. The maximum absolute atomic E-state index is 12.2. The normalized spacial score (nSPS) is 13.6. The third kappa shape index (κ3) is 5.80. The van der Waals surface area contributed by atoms with E-state index in [0.29, 0.717) is 11.1 Å². The van der Waals surface area contributed by atoms with Crippen LogP contribution in [0.4, 0.5) is 5.69 Å². The van der Waals surface area contributed by atoms with E-state index in [1.807, 2.05) is 66.7 Å². The molecule has 1 amide bonds. The van der Waals surface area contributed by atoms with E-state index in [0.717, 1.165) is 28.9 Å². The van der Waals surface area contributed by atoms with Crippen molar-refractivity contribution in [3.63, 3.8) is 0 Å². The average molecular weight is 403 g/mol. The molecule has 0 radical (unpaired) electrons. The first-order valence-electron chi connectivity index (χ1n) is 9.83. The topological polar surface area (TPSA) is 41.1 Å². The van der Waals surface area contributed by atoms with Gasteiger partial charge in [0.05, 0.1) is 0 Å². The van der Waals surface area contributed by atoms with Crippen molar-refractivity contribution in [3.8, 4) is 11.1 Å². The molecule has 29 heavy (non-hydrogen) atoms. The fourth-order valence-electron chi connectivity index (χ4n) is 3.04. The monoisotopic (exact) mass is 402 g/mol. The zero-order valence-corrected chi connectivity index (χ0v) is 16.8. The molecule has 1 fully saturated rings. The first-order valence-corrected chi connectivity index (χ1v) is 10.2. The summed E-state index contributed by atoms with van der Waals surface area (Å²) in [6, 6.07) is 24.4. The van der Waals surface area contributed by atoms with Gasteiger partial charge >= 0.3 is 0 Å². The molecule has 3 aromatic carbocycles.